The second-order valence-corrected chi connectivity index (χ2v) is 9.73. The van der Waals surface area contributed by atoms with Gasteiger partial charge in [-0.15, -0.1) is 0 Å². The summed E-state index contributed by atoms with van der Waals surface area (Å²) in [6, 6.07) is 7.15. The summed E-state index contributed by atoms with van der Waals surface area (Å²) < 4.78 is 9.13. The minimum atomic E-state index is -0.880. The SMILES string of the molecule is Cc1cc(-c2nc3ccc(CN[C@H](C(=O)OC(C)C)[C@@H](C)O)cc3n2CC2CC2)cn(C)c1=O. The van der Waals surface area contributed by atoms with Gasteiger partial charge in [0.1, 0.15) is 11.9 Å². The first kappa shape index (κ1) is 24.2. The number of pyridine rings is 1. The third-order valence-electron chi connectivity index (χ3n) is 6.19. The van der Waals surface area contributed by atoms with Crippen molar-refractivity contribution in [3.8, 4) is 11.4 Å². The Labute approximate surface area is 199 Å². The van der Waals surface area contributed by atoms with E-state index in [0.717, 1.165) is 34.5 Å². The summed E-state index contributed by atoms with van der Waals surface area (Å²) in [4.78, 5) is 29.5. The molecule has 3 aromatic rings. The molecule has 0 spiro atoms. The molecule has 182 valence electrons. The van der Waals surface area contributed by atoms with Gasteiger partial charge in [-0.3, -0.25) is 14.9 Å². The van der Waals surface area contributed by atoms with Gasteiger partial charge >= 0.3 is 5.97 Å². The van der Waals surface area contributed by atoms with Crippen molar-refractivity contribution in [1.29, 1.82) is 0 Å². The van der Waals surface area contributed by atoms with Crippen LogP contribution in [0.2, 0.25) is 0 Å². The fourth-order valence-corrected chi connectivity index (χ4v) is 4.23. The van der Waals surface area contributed by atoms with Gasteiger partial charge in [0.15, 0.2) is 0 Å². The summed E-state index contributed by atoms with van der Waals surface area (Å²) in [6.45, 7) is 8.26. The summed E-state index contributed by atoms with van der Waals surface area (Å²) in [5.41, 5.74) is 4.48. The molecule has 0 amide bonds. The number of esters is 1. The molecule has 2 aromatic heterocycles. The van der Waals surface area contributed by atoms with Crippen molar-refractivity contribution >= 4 is 17.0 Å². The van der Waals surface area contributed by atoms with Crippen molar-refractivity contribution in [2.45, 2.75) is 71.9 Å². The number of carbonyl (C=O) groups is 1. The maximum absolute atomic E-state index is 12.4. The van der Waals surface area contributed by atoms with E-state index in [9.17, 15) is 14.7 Å². The van der Waals surface area contributed by atoms with Crippen LogP contribution in [0.3, 0.4) is 0 Å². The lowest BCUT2D eigenvalue weighted by atomic mass is 10.1. The Bertz CT molecular complexity index is 1230. The molecule has 4 rings (SSSR count). The van der Waals surface area contributed by atoms with Crippen LogP contribution >= 0.6 is 0 Å². The van der Waals surface area contributed by atoms with Gasteiger partial charge in [-0.25, -0.2) is 4.98 Å². The van der Waals surface area contributed by atoms with E-state index in [1.807, 2.05) is 31.3 Å². The number of aliphatic hydroxyl groups is 1. The summed E-state index contributed by atoms with van der Waals surface area (Å²) in [5.74, 6) is 1.03. The quantitative estimate of drug-likeness (QED) is 0.471. The second kappa shape index (κ2) is 9.72. The zero-order valence-corrected chi connectivity index (χ0v) is 20.5. The highest BCUT2D eigenvalue weighted by Crippen LogP contribution is 2.34. The van der Waals surface area contributed by atoms with E-state index in [2.05, 4.69) is 16.0 Å². The number of rotatable bonds is 9. The molecule has 1 saturated carbocycles. The first-order valence-electron chi connectivity index (χ1n) is 11.9. The van der Waals surface area contributed by atoms with Gasteiger partial charge in [0.05, 0.1) is 23.2 Å². The number of aryl methyl sites for hydroxylation is 2. The normalized spacial score (nSPS) is 15.6. The van der Waals surface area contributed by atoms with Crippen LogP contribution in [0.5, 0.6) is 0 Å². The fraction of sp³-hybridized carbons (Fsp3) is 0.500. The standard InChI is InChI=1S/C26H34N4O4/c1-15(2)34-26(33)23(17(4)31)27-12-19-8-9-21-22(11-19)30(13-18-6-7-18)24(28-21)20-10-16(3)25(32)29(5)14-20/h8-11,14-15,17-18,23,27,31H,6-7,12-13H2,1-5H3/t17-,23+/m1/s1. The average Bonchev–Trinajstić information content (AvgIpc) is 3.51. The average molecular weight is 467 g/mol. The lowest BCUT2D eigenvalue weighted by Gasteiger charge is -2.21. The number of nitrogens with one attached hydrogen (secondary N) is 1. The molecule has 0 aliphatic heterocycles. The molecule has 1 aliphatic rings. The maximum atomic E-state index is 12.4. The highest BCUT2D eigenvalue weighted by atomic mass is 16.5. The monoisotopic (exact) mass is 466 g/mol. The number of nitrogens with zero attached hydrogens (tertiary/aromatic N) is 3. The van der Waals surface area contributed by atoms with E-state index in [4.69, 9.17) is 9.72 Å². The molecular weight excluding hydrogens is 432 g/mol. The van der Waals surface area contributed by atoms with Gasteiger partial charge < -0.3 is 19.0 Å². The Morgan fingerprint density at radius 1 is 1.26 bits per heavy atom. The molecule has 8 heteroatoms. The molecular formula is C26H34N4O4. The Hall–Kier alpha value is -2.97. The van der Waals surface area contributed by atoms with Gasteiger partial charge in [-0.2, -0.15) is 0 Å². The van der Waals surface area contributed by atoms with Crippen molar-refractivity contribution in [3.63, 3.8) is 0 Å². The van der Waals surface area contributed by atoms with E-state index in [1.54, 1.807) is 32.4 Å². The van der Waals surface area contributed by atoms with Gasteiger partial charge in [-0.05, 0) is 70.2 Å². The van der Waals surface area contributed by atoms with Crippen LogP contribution < -0.4 is 10.9 Å². The molecule has 34 heavy (non-hydrogen) atoms. The van der Waals surface area contributed by atoms with Crippen molar-refractivity contribution < 1.29 is 14.6 Å². The minimum Gasteiger partial charge on any atom is -0.462 e. The van der Waals surface area contributed by atoms with Crippen molar-refractivity contribution in [1.82, 2.24) is 19.4 Å². The highest BCUT2D eigenvalue weighted by Gasteiger charge is 2.27. The van der Waals surface area contributed by atoms with Crippen molar-refractivity contribution in [2.75, 3.05) is 0 Å². The number of aromatic nitrogens is 3. The molecule has 0 bridgehead atoms. The van der Waals surface area contributed by atoms with Gasteiger partial charge in [0.2, 0.25) is 0 Å². The van der Waals surface area contributed by atoms with Crippen LogP contribution in [0.25, 0.3) is 22.4 Å². The predicted molar refractivity (Wildman–Crippen MR) is 131 cm³/mol. The molecule has 2 atom stereocenters. The Balaban J connectivity index is 1.66. The Kier molecular flexibility index (Phi) is 6.91. The van der Waals surface area contributed by atoms with E-state index >= 15 is 0 Å². The Morgan fingerprint density at radius 3 is 2.62 bits per heavy atom. The van der Waals surface area contributed by atoms with E-state index in [-0.39, 0.29) is 11.7 Å². The molecule has 0 unspecified atom stereocenters. The van der Waals surface area contributed by atoms with Crippen LogP contribution in [-0.4, -0.2) is 43.4 Å². The zero-order chi connectivity index (χ0) is 24.6. The predicted octanol–water partition coefficient (Wildman–Crippen LogP) is 2.91. The number of benzene rings is 1. The molecule has 0 radical (unpaired) electrons. The second-order valence-electron chi connectivity index (χ2n) is 9.73. The summed E-state index contributed by atoms with van der Waals surface area (Å²) in [6.07, 6.45) is 3.13. The number of hydrogen-bond donors (Lipinski definition) is 2. The lowest BCUT2D eigenvalue weighted by Crippen LogP contribution is -2.46. The van der Waals surface area contributed by atoms with Crippen LogP contribution in [0.1, 0.15) is 44.7 Å². The van der Waals surface area contributed by atoms with E-state index in [1.165, 1.54) is 12.8 Å². The first-order valence-corrected chi connectivity index (χ1v) is 11.9. The van der Waals surface area contributed by atoms with E-state index in [0.29, 0.717) is 18.0 Å². The molecule has 1 aliphatic carbocycles. The third-order valence-corrected chi connectivity index (χ3v) is 6.19. The lowest BCUT2D eigenvalue weighted by molar-refractivity contribution is -0.152. The number of ether oxygens (including phenoxy) is 1. The fourth-order valence-electron chi connectivity index (χ4n) is 4.23. The number of imidazole rings is 1. The van der Waals surface area contributed by atoms with Crippen molar-refractivity contribution in [3.05, 3.63) is 51.9 Å². The zero-order valence-electron chi connectivity index (χ0n) is 20.5. The molecule has 1 aromatic carbocycles. The van der Waals surface area contributed by atoms with Crippen LogP contribution in [0.4, 0.5) is 0 Å². The smallest absolute Gasteiger partial charge is 0.326 e. The highest BCUT2D eigenvalue weighted by molar-refractivity contribution is 5.81. The number of hydrogen-bond acceptors (Lipinski definition) is 6. The largest absolute Gasteiger partial charge is 0.462 e. The van der Waals surface area contributed by atoms with Gasteiger partial charge in [0.25, 0.3) is 5.56 Å². The molecule has 1 fully saturated rings. The summed E-state index contributed by atoms with van der Waals surface area (Å²) in [7, 11) is 1.76. The van der Waals surface area contributed by atoms with Gasteiger partial charge in [-0.1, -0.05) is 6.07 Å². The summed E-state index contributed by atoms with van der Waals surface area (Å²) in [5, 5.41) is 13.2. The number of fused-ring (bicyclic) bond motifs is 1. The number of aliphatic hydroxyl groups excluding tert-OH is 1. The van der Waals surface area contributed by atoms with Crippen LogP contribution in [-0.2, 0) is 29.7 Å². The molecule has 0 saturated heterocycles. The van der Waals surface area contributed by atoms with Crippen molar-refractivity contribution in [2.24, 2.45) is 13.0 Å². The van der Waals surface area contributed by atoms with Crippen LogP contribution in [0.15, 0.2) is 35.3 Å². The Morgan fingerprint density at radius 2 is 2.00 bits per heavy atom. The minimum absolute atomic E-state index is 0.00868. The van der Waals surface area contributed by atoms with E-state index < -0.39 is 18.1 Å². The van der Waals surface area contributed by atoms with Crippen LogP contribution in [0, 0.1) is 12.8 Å². The van der Waals surface area contributed by atoms with Gasteiger partial charge in [0, 0.05) is 37.5 Å². The topological polar surface area (TPSA) is 98.4 Å². The third kappa shape index (κ3) is 5.23. The first-order chi connectivity index (χ1) is 16.1. The molecule has 2 N–H and O–H groups in total. The number of carbonyl (C=O) groups excluding carboxylic acids is 1. The maximum Gasteiger partial charge on any atom is 0.326 e. The molecule has 2 heterocycles. The molecule has 8 nitrogen and oxygen atoms in total. The summed E-state index contributed by atoms with van der Waals surface area (Å²) >= 11 is 0.